The van der Waals surface area contributed by atoms with Crippen LogP contribution in [0.15, 0.2) is 82.9 Å². The zero-order valence-electron chi connectivity index (χ0n) is 19.2. The lowest BCUT2D eigenvalue weighted by Gasteiger charge is -2.22. The van der Waals surface area contributed by atoms with Gasteiger partial charge >= 0.3 is 12.2 Å². The van der Waals surface area contributed by atoms with E-state index >= 15 is 0 Å². The molecule has 0 bridgehead atoms. The summed E-state index contributed by atoms with van der Waals surface area (Å²) in [5.41, 5.74) is 1.88. The first-order chi connectivity index (χ1) is 17.8. The maximum atomic E-state index is 13.3. The van der Waals surface area contributed by atoms with Gasteiger partial charge in [0.15, 0.2) is 4.96 Å². The van der Waals surface area contributed by atoms with Gasteiger partial charge in [0, 0.05) is 41.5 Å². The standard InChI is InChI=1S/C26H20F4N4O2S/c27-19-7-3-17(4-8-19)23-15-34-21(16-37-25(34)32-23)11-12-33(14-22-2-1-13-36-22)24(35)31-20-9-5-18(6-10-20)26(28,29)30/h1-10,13,15-16H,11-12,14H2,(H,31,35). The zero-order valence-corrected chi connectivity index (χ0v) is 20.0. The molecule has 0 unspecified atom stereocenters. The number of rotatable bonds is 7. The summed E-state index contributed by atoms with van der Waals surface area (Å²) in [6.45, 7) is 0.487. The van der Waals surface area contributed by atoms with E-state index in [-0.39, 0.29) is 18.0 Å². The van der Waals surface area contributed by atoms with E-state index in [0.29, 0.717) is 24.4 Å². The number of thiazole rings is 1. The summed E-state index contributed by atoms with van der Waals surface area (Å²) in [5.74, 6) is 0.246. The van der Waals surface area contributed by atoms with Gasteiger partial charge in [-0.3, -0.25) is 4.40 Å². The average Bonchev–Trinajstić information content (AvgIpc) is 3.60. The van der Waals surface area contributed by atoms with Crippen LogP contribution in [0.25, 0.3) is 16.2 Å². The number of carbonyl (C=O) groups is 1. The molecular weight excluding hydrogens is 508 g/mol. The maximum absolute atomic E-state index is 13.3. The van der Waals surface area contributed by atoms with Crippen molar-refractivity contribution in [2.45, 2.75) is 19.1 Å². The lowest BCUT2D eigenvalue weighted by Crippen LogP contribution is -2.36. The SMILES string of the molecule is O=C(Nc1ccc(C(F)(F)F)cc1)N(CCc1csc2nc(-c3ccc(F)cc3)cn12)Cc1ccco1. The summed E-state index contributed by atoms with van der Waals surface area (Å²) in [6, 6.07) is 13.4. The minimum absolute atomic E-state index is 0.178. The Balaban J connectivity index is 1.32. The van der Waals surface area contributed by atoms with E-state index in [0.717, 1.165) is 28.4 Å². The second-order valence-electron chi connectivity index (χ2n) is 8.27. The van der Waals surface area contributed by atoms with Gasteiger partial charge in [0.25, 0.3) is 0 Å². The second kappa shape index (κ2) is 10.1. The van der Waals surface area contributed by atoms with Gasteiger partial charge in [-0.05, 0) is 60.7 Å². The van der Waals surface area contributed by atoms with Gasteiger partial charge in [0.05, 0.1) is 24.1 Å². The van der Waals surface area contributed by atoms with Crippen molar-refractivity contribution in [1.82, 2.24) is 14.3 Å². The number of imidazole rings is 1. The molecule has 2 aromatic carbocycles. The number of carbonyl (C=O) groups excluding carboxylic acids is 1. The number of anilines is 1. The van der Waals surface area contributed by atoms with E-state index in [2.05, 4.69) is 10.3 Å². The number of hydrogen-bond donors (Lipinski definition) is 1. The molecule has 0 spiro atoms. The fourth-order valence-corrected chi connectivity index (χ4v) is 4.71. The molecule has 0 aliphatic rings. The summed E-state index contributed by atoms with van der Waals surface area (Å²) < 4.78 is 59.2. The molecule has 6 nitrogen and oxygen atoms in total. The number of alkyl halides is 3. The number of fused-ring (bicyclic) bond motifs is 1. The third kappa shape index (κ3) is 5.67. The smallest absolute Gasteiger partial charge is 0.416 e. The van der Waals surface area contributed by atoms with Gasteiger partial charge in [-0.2, -0.15) is 13.2 Å². The molecule has 5 rings (SSSR count). The van der Waals surface area contributed by atoms with Gasteiger partial charge in [0.2, 0.25) is 0 Å². The second-order valence-corrected chi connectivity index (χ2v) is 9.11. The minimum Gasteiger partial charge on any atom is -0.467 e. The Hall–Kier alpha value is -4.12. The molecule has 3 heterocycles. The van der Waals surface area contributed by atoms with Crippen molar-refractivity contribution in [2.24, 2.45) is 0 Å². The molecule has 0 atom stereocenters. The molecule has 190 valence electrons. The number of halogens is 4. The normalized spacial score (nSPS) is 11.7. The van der Waals surface area contributed by atoms with Crippen LogP contribution in [0.2, 0.25) is 0 Å². The van der Waals surface area contributed by atoms with Crippen LogP contribution < -0.4 is 5.32 Å². The molecule has 0 saturated carbocycles. The Labute approximate surface area is 212 Å². The van der Waals surface area contributed by atoms with Crippen molar-refractivity contribution in [3.8, 4) is 11.3 Å². The van der Waals surface area contributed by atoms with E-state index < -0.39 is 17.8 Å². The van der Waals surface area contributed by atoms with Crippen molar-refractivity contribution < 1.29 is 26.8 Å². The third-order valence-electron chi connectivity index (χ3n) is 5.74. The number of amides is 2. The lowest BCUT2D eigenvalue weighted by atomic mass is 10.2. The van der Waals surface area contributed by atoms with Crippen LogP contribution in [-0.4, -0.2) is 26.9 Å². The van der Waals surface area contributed by atoms with Crippen LogP contribution in [0.1, 0.15) is 17.0 Å². The Bertz CT molecular complexity index is 1490. The molecule has 1 N–H and O–H groups in total. The Kier molecular flexibility index (Phi) is 6.70. The van der Waals surface area contributed by atoms with Gasteiger partial charge in [-0.15, -0.1) is 11.3 Å². The summed E-state index contributed by atoms with van der Waals surface area (Å²) in [7, 11) is 0. The first kappa shape index (κ1) is 24.6. The topological polar surface area (TPSA) is 62.8 Å². The predicted molar refractivity (Wildman–Crippen MR) is 132 cm³/mol. The molecule has 5 aromatic rings. The van der Waals surface area contributed by atoms with Crippen LogP contribution in [-0.2, 0) is 19.1 Å². The van der Waals surface area contributed by atoms with Gasteiger partial charge in [-0.1, -0.05) is 0 Å². The molecule has 0 radical (unpaired) electrons. The molecule has 37 heavy (non-hydrogen) atoms. The number of nitrogens with one attached hydrogen (secondary N) is 1. The van der Waals surface area contributed by atoms with Crippen molar-refractivity contribution in [2.75, 3.05) is 11.9 Å². The minimum atomic E-state index is -4.45. The van der Waals surface area contributed by atoms with Crippen LogP contribution in [0, 0.1) is 5.82 Å². The van der Waals surface area contributed by atoms with Crippen molar-refractivity contribution in [1.29, 1.82) is 0 Å². The van der Waals surface area contributed by atoms with Gasteiger partial charge < -0.3 is 14.6 Å². The Morgan fingerprint density at radius 3 is 2.51 bits per heavy atom. The first-order valence-electron chi connectivity index (χ1n) is 11.2. The summed E-state index contributed by atoms with van der Waals surface area (Å²) in [6.07, 6.45) is -0.594. The highest BCUT2D eigenvalue weighted by molar-refractivity contribution is 7.15. The molecule has 11 heteroatoms. The average molecular weight is 529 g/mol. The fourth-order valence-electron chi connectivity index (χ4n) is 3.81. The van der Waals surface area contributed by atoms with E-state index in [1.54, 1.807) is 24.3 Å². The molecule has 2 amide bonds. The quantitative estimate of drug-likeness (QED) is 0.230. The van der Waals surface area contributed by atoms with Gasteiger partial charge in [0.1, 0.15) is 11.6 Å². The molecule has 0 aliphatic carbocycles. The molecule has 0 saturated heterocycles. The summed E-state index contributed by atoms with van der Waals surface area (Å²) >= 11 is 1.45. The van der Waals surface area contributed by atoms with Gasteiger partial charge in [-0.25, -0.2) is 14.2 Å². The van der Waals surface area contributed by atoms with Crippen LogP contribution in [0.3, 0.4) is 0 Å². The number of aromatic nitrogens is 2. The van der Waals surface area contributed by atoms with Crippen molar-refractivity contribution in [3.05, 3.63) is 101 Å². The first-order valence-corrected chi connectivity index (χ1v) is 12.1. The van der Waals surface area contributed by atoms with E-state index in [9.17, 15) is 22.4 Å². The van der Waals surface area contributed by atoms with Crippen LogP contribution >= 0.6 is 11.3 Å². The highest BCUT2D eigenvalue weighted by atomic mass is 32.1. The summed E-state index contributed by atoms with van der Waals surface area (Å²) in [5, 5.41) is 4.62. The zero-order chi connectivity index (χ0) is 26.0. The van der Waals surface area contributed by atoms with E-state index in [4.69, 9.17) is 4.42 Å². The number of furan rings is 1. The van der Waals surface area contributed by atoms with E-state index in [1.165, 1.54) is 46.8 Å². The molecule has 0 aliphatic heterocycles. The monoisotopic (exact) mass is 528 g/mol. The Morgan fingerprint density at radius 2 is 1.84 bits per heavy atom. The Morgan fingerprint density at radius 1 is 1.08 bits per heavy atom. The number of benzene rings is 2. The highest BCUT2D eigenvalue weighted by Crippen LogP contribution is 2.30. The van der Waals surface area contributed by atoms with Crippen molar-refractivity contribution >= 4 is 28.0 Å². The molecule has 0 fully saturated rings. The highest BCUT2D eigenvalue weighted by Gasteiger charge is 2.30. The maximum Gasteiger partial charge on any atom is 0.416 e. The number of hydrogen-bond acceptors (Lipinski definition) is 4. The lowest BCUT2D eigenvalue weighted by molar-refractivity contribution is -0.137. The van der Waals surface area contributed by atoms with Crippen LogP contribution in [0.4, 0.5) is 28.0 Å². The molecular formula is C26H20F4N4O2S. The fraction of sp³-hybridized carbons (Fsp3) is 0.154. The summed E-state index contributed by atoms with van der Waals surface area (Å²) in [4.78, 5) is 20.0. The largest absolute Gasteiger partial charge is 0.467 e. The van der Waals surface area contributed by atoms with Crippen LogP contribution in [0.5, 0.6) is 0 Å². The van der Waals surface area contributed by atoms with E-state index in [1.807, 2.05) is 16.0 Å². The van der Waals surface area contributed by atoms with Crippen molar-refractivity contribution in [3.63, 3.8) is 0 Å². The third-order valence-corrected chi connectivity index (χ3v) is 6.63. The number of urea groups is 1. The molecule has 3 aromatic heterocycles. The number of nitrogens with zero attached hydrogens (tertiary/aromatic N) is 3. The predicted octanol–water partition coefficient (Wildman–Crippen LogP) is 7.09.